The molecule has 0 atom stereocenters. The van der Waals surface area contributed by atoms with E-state index in [1.165, 1.54) is 0 Å². The highest BCUT2D eigenvalue weighted by Crippen LogP contribution is 2.16. The van der Waals surface area contributed by atoms with E-state index in [0.717, 1.165) is 16.7 Å². The number of nitrogens with zero attached hydrogens (tertiary/aromatic N) is 1. The lowest BCUT2D eigenvalue weighted by molar-refractivity contribution is 0.560. The number of benzene rings is 1. The number of hydrogen-bond acceptors (Lipinski definition) is 3. The average molecular weight is 162 g/mol. The Morgan fingerprint density at radius 1 is 1.50 bits per heavy atom. The fourth-order valence-corrected chi connectivity index (χ4v) is 1.21. The molecule has 0 aliphatic heterocycles. The Labute approximate surface area is 70.2 Å². The van der Waals surface area contributed by atoms with Crippen molar-refractivity contribution in [2.75, 3.05) is 0 Å². The van der Waals surface area contributed by atoms with Gasteiger partial charge in [0.2, 0.25) is 0 Å². The summed E-state index contributed by atoms with van der Waals surface area (Å²) in [6.45, 7) is 2.37. The van der Waals surface area contributed by atoms with E-state index in [-0.39, 0.29) is 0 Å². The van der Waals surface area contributed by atoms with Gasteiger partial charge < -0.3 is 10.2 Å². The van der Waals surface area contributed by atoms with Crippen LogP contribution in [-0.2, 0) is 6.54 Å². The molecule has 1 aromatic heterocycles. The normalized spacial score (nSPS) is 10.8. The van der Waals surface area contributed by atoms with Gasteiger partial charge in [-0.2, -0.15) is 0 Å². The summed E-state index contributed by atoms with van der Waals surface area (Å²) in [5, 5.41) is 0. The number of rotatable bonds is 1. The fraction of sp³-hybridized carbons (Fsp3) is 0.222. The summed E-state index contributed by atoms with van der Waals surface area (Å²) in [5.41, 5.74) is 8.26. The second-order valence-electron chi connectivity index (χ2n) is 2.74. The van der Waals surface area contributed by atoms with Gasteiger partial charge in [-0.05, 0) is 17.7 Å². The molecule has 3 heteroatoms. The molecule has 0 fully saturated rings. The molecule has 1 aromatic carbocycles. The highest BCUT2D eigenvalue weighted by molar-refractivity contribution is 5.73. The van der Waals surface area contributed by atoms with Crippen LogP contribution < -0.4 is 5.73 Å². The minimum Gasteiger partial charge on any atom is -0.441 e. The second-order valence-corrected chi connectivity index (χ2v) is 2.74. The van der Waals surface area contributed by atoms with Gasteiger partial charge in [-0.15, -0.1) is 0 Å². The second kappa shape index (κ2) is 2.60. The van der Waals surface area contributed by atoms with Crippen molar-refractivity contribution in [3.63, 3.8) is 0 Å². The fourth-order valence-electron chi connectivity index (χ4n) is 1.21. The molecule has 2 aromatic rings. The van der Waals surface area contributed by atoms with Crippen molar-refractivity contribution in [2.45, 2.75) is 13.5 Å². The number of aryl methyl sites for hydroxylation is 1. The first-order chi connectivity index (χ1) is 5.79. The van der Waals surface area contributed by atoms with Gasteiger partial charge in [-0.1, -0.05) is 6.07 Å². The quantitative estimate of drug-likeness (QED) is 0.692. The van der Waals surface area contributed by atoms with Crippen LogP contribution in [0.5, 0.6) is 0 Å². The summed E-state index contributed by atoms with van der Waals surface area (Å²) in [5.74, 6) is 0.694. The van der Waals surface area contributed by atoms with Crippen LogP contribution in [0.15, 0.2) is 22.6 Å². The van der Waals surface area contributed by atoms with Crippen LogP contribution >= 0.6 is 0 Å². The largest absolute Gasteiger partial charge is 0.441 e. The molecule has 0 aliphatic carbocycles. The minimum atomic E-state index is 0.537. The van der Waals surface area contributed by atoms with Gasteiger partial charge in [0, 0.05) is 13.5 Å². The SMILES string of the molecule is Cc1nc2ccc(CN)cc2o1. The Hall–Kier alpha value is -1.35. The smallest absolute Gasteiger partial charge is 0.192 e. The van der Waals surface area contributed by atoms with E-state index < -0.39 is 0 Å². The number of nitrogens with two attached hydrogens (primary N) is 1. The van der Waals surface area contributed by atoms with Crippen LogP contribution in [0, 0.1) is 6.92 Å². The lowest BCUT2D eigenvalue weighted by Gasteiger charge is -1.92. The molecule has 0 saturated carbocycles. The molecule has 0 spiro atoms. The van der Waals surface area contributed by atoms with Crippen LogP contribution in [0.1, 0.15) is 11.5 Å². The maximum absolute atomic E-state index is 5.49. The van der Waals surface area contributed by atoms with Crippen LogP contribution in [0.25, 0.3) is 11.1 Å². The predicted molar refractivity (Wildman–Crippen MR) is 46.6 cm³/mol. The zero-order valence-electron chi connectivity index (χ0n) is 6.87. The van der Waals surface area contributed by atoms with Crippen LogP contribution in [-0.4, -0.2) is 4.98 Å². The molecule has 3 nitrogen and oxygen atoms in total. The third-order valence-electron chi connectivity index (χ3n) is 1.80. The molecule has 0 bridgehead atoms. The third-order valence-corrected chi connectivity index (χ3v) is 1.80. The Morgan fingerprint density at radius 2 is 2.33 bits per heavy atom. The van der Waals surface area contributed by atoms with Crippen LogP contribution in [0.4, 0.5) is 0 Å². The van der Waals surface area contributed by atoms with E-state index in [2.05, 4.69) is 4.98 Å². The number of oxazole rings is 1. The first-order valence-corrected chi connectivity index (χ1v) is 3.86. The maximum Gasteiger partial charge on any atom is 0.192 e. The molecule has 62 valence electrons. The summed E-state index contributed by atoms with van der Waals surface area (Å²) in [6, 6.07) is 5.81. The molecule has 0 saturated heterocycles. The van der Waals surface area contributed by atoms with Crippen molar-refractivity contribution in [3.8, 4) is 0 Å². The molecule has 2 rings (SSSR count). The van der Waals surface area contributed by atoms with Gasteiger partial charge >= 0.3 is 0 Å². The summed E-state index contributed by atoms with van der Waals surface area (Å²) in [6.07, 6.45) is 0. The zero-order valence-corrected chi connectivity index (χ0v) is 6.87. The first kappa shape index (κ1) is 7.31. The van der Waals surface area contributed by atoms with Crippen molar-refractivity contribution in [3.05, 3.63) is 29.7 Å². The average Bonchev–Trinajstić information content (AvgIpc) is 2.43. The maximum atomic E-state index is 5.49. The molecule has 0 aliphatic rings. The summed E-state index contributed by atoms with van der Waals surface area (Å²) >= 11 is 0. The zero-order chi connectivity index (χ0) is 8.55. The van der Waals surface area contributed by atoms with Crippen molar-refractivity contribution in [2.24, 2.45) is 5.73 Å². The standard InChI is InChI=1S/C9H10N2O/c1-6-11-8-3-2-7(5-10)4-9(8)12-6/h2-4H,5,10H2,1H3. The highest BCUT2D eigenvalue weighted by Gasteiger charge is 2.01. The van der Waals surface area contributed by atoms with Crippen molar-refractivity contribution >= 4 is 11.1 Å². The lowest BCUT2D eigenvalue weighted by atomic mass is 10.2. The van der Waals surface area contributed by atoms with E-state index in [0.29, 0.717) is 12.4 Å². The van der Waals surface area contributed by atoms with Gasteiger partial charge in [0.25, 0.3) is 0 Å². The van der Waals surface area contributed by atoms with Gasteiger partial charge in [-0.3, -0.25) is 0 Å². The highest BCUT2D eigenvalue weighted by atomic mass is 16.3. The van der Waals surface area contributed by atoms with E-state index >= 15 is 0 Å². The number of aromatic nitrogens is 1. The third kappa shape index (κ3) is 1.08. The van der Waals surface area contributed by atoms with E-state index in [4.69, 9.17) is 10.2 Å². The van der Waals surface area contributed by atoms with Gasteiger partial charge in [0.05, 0.1) is 0 Å². The molecule has 1 heterocycles. The Kier molecular flexibility index (Phi) is 1.59. The first-order valence-electron chi connectivity index (χ1n) is 3.86. The van der Waals surface area contributed by atoms with Gasteiger partial charge in [0.1, 0.15) is 5.52 Å². The van der Waals surface area contributed by atoms with Gasteiger partial charge in [0.15, 0.2) is 11.5 Å². The van der Waals surface area contributed by atoms with Crippen molar-refractivity contribution in [1.82, 2.24) is 4.98 Å². The topological polar surface area (TPSA) is 52.0 Å². The molecule has 2 N–H and O–H groups in total. The Morgan fingerprint density at radius 3 is 3.08 bits per heavy atom. The monoisotopic (exact) mass is 162 g/mol. The van der Waals surface area contributed by atoms with Crippen molar-refractivity contribution < 1.29 is 4.42 Å². The molecule has 0 unspecified atom stereocenters. The molecule has 12 heavy (non-hydrogen) atoms. The molecule has 0 radical (unpaired) electrons. The van der Waals surface area contributed by atoms with Crippen LogP contribution in [0.2, 0.25) is 0 Å². The number of fused-ring (bicyclic) bond motifs is 1. The minimum absolute atomic E-state index is 0.537. The Bertz CT molecular complexity index is 406. The summed E-state index contributed by atoms with van der Waals surface area (Å²) in [7, 11) is 0. The van der Waals surface area contributed by atoms with Crippen LogP contribution in [0.3, 0.4) is 0 Å². The van der Waals surface area contributed by atoms with E-state index in [9.17, 15) is 0 Å². The lowest BCUT2D eigenvalue weighted by Crippen LogP contribution is -1.94. The Balaban J connectivity index is 2.66. The predicted octanol–water partition coefficient (Wildman–Crippen LogP) is 1.59. The van der Waals surface area contributed by atoms with E-state index in [1.54, 1.807) is 0 Å². The molecule has 0 amide bonds. The van der Waals surface area contributed by atoms with Gasteiger partial charge in [-0.25, -0.2) is 4.98 Å². The molecular weight excluding hydrogens is 152 g/mol. The van der Waals surface area contributed by atoms with E-state index in [1.807, 2.05) is 25.1 Å². The molecular formula is C9H10N2O. The van der Waals surface area contributed by atoms with Crippen molar-refractivity contribution in [1.29, 1.82) is 0 Å². The summed E-state index contributed by atoms with van der Waals surface area (Å²) < 4.78 is 5.34. The number of hydrogen-bond donors (Lipinski definition) is 1. The summed E-state index contributed by atoms with van der Waals surface area (Å²) in [4.78, 5) is 4.18.